The van der Waals surface area contributed by atoms with E-state index in [9.17, 15) is 0 Å². The van der Waals surface area contributed by atoms with Crippen LogP contribution in [0, 0.1) is 0 Å². The van der Waals surface area contributed by atoms with Gasteiger partial charge in [-0.15, -0.1) is 5.10 Å². The topological polar surface area (TPSA) is 46.0 Å². The van der Waals surface area contributed by atoms with Gasteiger partial charge in [0.2, 0.25) is 0 Å². The van der Waals surface area contributed by atoms with Crippen molar-refractivity contribution in [3.63, 3.8) is 0 Å². The minimum absolute atomic E-state index is 0.605. The molecule has 1 N–H and O–H groups in total. The molecule has 0 bridgehead atoms. The standard InChI is InChI=1S/C15H21N5/c1-16-13-6-5-9-19(10-13)11-14-12-20(18-17-14)15-7-3-2-4-8-15/h2-4,7-8,12-13,16H,5-6,9-11H2,1H3. The van der Waals surface area contributed by atoms with Gasteiger partial charge in [-0.25, -0.2) is 4.68 Å². The maximum Gasteiger partial charge on any atom is 0.0971 e. The Balaban J connectivity index is 1.65. The molecule has 1 fully saturated rings. The van der Waals surface area contributed by atoms with Gasteiger partial charge < -0.3 is 5.32 Å². The van der Waals surface area contributed by atoms with Crippen LogP contribution in [-0.2, 0) is 6.54 Å². The smallest absolute Gasteiger partial charge is 0.0971 e. The first-order valence-corrected chi connectivity index (χ1v) is 7.21. The van der Waals surface area contributed by atoms with E-state index >= 15 is 0 Å². The molecule has 0 saturated carbocycles. The van der Waals surface area contributed by atoms with Crippen LogP contribution in [0.5, 0.6) is 0 Å². The molecule has 0 spiro atoms. The van der Waals surface area contributed by atoms with E-state index in [1.165, 1.54) is 12.8 Å². The Bertz CT molecular complexity index is 536. The number of aromatic nitrogens is 3. The van der Waals surface area contributed by atoms with Gasteiger partial charge in [-0.2, -0.15) is 0 Å². The number of para-hydroxylation sites is 1. The second-order valence-corrected chi connectivity index (χ2v) is 5.35. The average Bonchev–Trinajstić information content (AvgIpc) is 2.97. The van der Waals surface area contributed by atoms with Gasteiger partial charge in [-0.3, -0.25) is 4.90 Å². The maximum absolute atomic E-state index is 4.29. The van der Waals surface area contributed by atoms with Crippen molar-refractivity contribution in [2.24, 2.45) is 0 Å². The van der Waals surface area contributed by atoms with Crippen LogP contribution in [0.4, 0.5) is 0 Å². The number of hydrogen-bond acceptors (Lipinski definition) is 4. The molecule has 0 amide bonds. The third kappa shape index (κ3) is 3.05. The average molecular weight is 271 g/mol. The molecule has 0 aliphatic carbocycles. The molecule has 1 aromatic carbocycles. The number of benzene rings is 1. The molecule has 1 saturated heterocycles. The molecule has 2 aromatic rings. The lowest BCUT2D eigenvalue weighted by molar-refractivity contribution is 0.186. The first kappa shape index (κ1) is 13.3. The van der Waals surface area contributed by atoms with Crippen molar-refractivity contribution in [2.45, 2.75) is 25.4 Å². The fourth-order valence-corrected chi connectivity index (χ4v) is 2.74. The van der Waals surface area contributed by atoms with Gasteiger partial charge >= 0.3 is 0 Å². The van der Waals surface area contributed by atoms with Crippen LogP contribution in [0.3, 0.4) is 0 Å². The second-order valence-electron chi connectivity index (χ2n) is 5.35. The number of nitrogens with one attached hydrogen (secondary N) is 1. The van der Waals surface area contributed by atoms with Crippen molar-refractivity contribution in [2.75, 3.05) is 20.1 Å². The summed E-state index contributed by atoms with van der Waals surface area (Å²) in [6.07, 6.45) is 4.54. The minimum atomic E-state index is 0.605. The van der Waals surface area contributed by atoms with Crippen LogP contribution in [0.25, 0.3) is 5.69 Å². The molecule has 3 rings (SSSR count). The van der Waals surface area contributed by atoms with Crippen LogP contribution in [-0.4, -0.2) is 46.1 Å². The van der Waals surface area contributed by atoms with Crippen molar-refractivity contribution in [3.8, 4) is 5.69 Å². The molecule has 1 aliphatic heterocycles. The molecule has 1 aliphatic rings. The minimum Gasteiger partial charge on any atom is -0.316 e. The SMILES string of the molecule is CNC1CCCN(Cc2cn(-c3ccccc3)nn2)C1. The molecule has 2 heterocycles. The molecule has 1 unspecified atom stereocenters. The molecular formula is C15H21N5. The van der Waals surface area contributed by atoms with Gasteiger partial charge in [0, 0.05) is 19.1 Å². The van der Waals surface area contributed by atoms with Crippen molar-refractivity contribution >= 4 is 0 Å². The van der Waals surface area contributed by atoms with Crippen LogP contribution >= 0.6 is 0 Å². The first-order valence-electron chi connectivity index (χ1n) is 7.21. The van der Waals surface area contributed by atoms with E-state index in [1.54, 1.807) is 0 Å². The van der Waals surface area contributed by atoms with Crippen LogP contribution in [0.15, 0.2) is 36.5 Å². The van der Waals surface area contributed by atoms with E-state index < -0.39 is 0 Å². The molecule has 1 aromatic heterocycles. The lowest BCUT2D eigenvalue weighted by Crippen LogP contribution is -2.43. The van der Waals surface area contributed by atoms with Gasteiger partial charge in [0.25, 0.3) is 0 Å². The molecule has 106 valence electrons. The summed E-state index contributed by atoms with van der Waals surface area (Å²) in [7, 11) is 2.04. The number of nitrogens with zero attached hydrogens (tertiary/aromatic N) is 4. The van der Waals surface area contributed by atoms with Gasteiger partial charge in [-0.05, 0) is 38.6 Å². The Morgan fingerprint density at radius 1 is 1.30 bits per heavy atom. The number of likely N-dealkylation sites (N-methyl/N-ethyl adjacent to an activating group) is 1. The lowest BCUT2D eigenvalue weighted by atomic mass is 10.1. The summed E-state index contributed by atoms with van der Waals surface area (Å²) in [4.78, 5) is 2.45. The fourth-order valence-electron chi connectivity index (χ4n) is 2.74. The number of piperidine rings is 1. The molecule has 5 nitrogen and oxygen atoms in total. The predicted molar refractivity (Wildman–Crippen MR) is 78.7 cm³/mol. The maximum atomic E-state index is 4.29. The summed E-state index contributed by atoms with van der Waals surface area (Å²) in [5, 5.41) is 11.9. The largest absolute Gasteiger partial charge is 0.316 e. The Morgan fingerprint density at radius 2 is 2.15 bits per heavy atom. The zero-order chi connectivity index (χ0) is 13.8. The Kier molecular flexibility index (Phi) is 4.08. The highest BCUT2D eigenvalue weighted by atomic mass is 15.4. The summed E-state index contributed by atoms with van der Waals surface area (Å²) in [5.41, 5.74) is 2.09. The lowest BCUT2D eigenvalue weighted by Gasteiger charge is -2.31. The molecular weight excluding hydrogens is 250 g/mol. The zero-order valence-corrected chi connectivity index (χ0v) is 11.9. The highest BCUT2D eigenvalue weighted by Gasteiger charge is 2.19. The van der Waals surface area contributed by atoms with E-state index in [4.69, 9.17) is 0 Å². The summed E-state index contributed by atoms with van der Waals surface area (Å²) < 4.78 is 1.84. The summed E-state index contributed by atoms with van der Waals surface area (Å²) >= 11 is 0. The van der Waals surface area contributed by atoms with Gasteiger partial charge in [-0.1, -0.05) is 23.4 Å². The monoisotopic (exact) mass is 271 g/mol. The van der Waals surface area contributed by atoms with Gasteiger partial charge in [0.15, 0.2) is 0 Å². The third-order valence-electron chi connectivity index (χ3n) is 3.86. The fraction of sp³-hybridized carbons (Fsp3) is 0.467. The van der Waals surface area contributed by atoms with E-state index in [0.717, 1.165) is 31.0 Å². The van der Waals surface area contributed by atoms with E-state index in [2.05, 4.69) is 20.5 Å². The molecule has 1 atom stereocenters. The second kappa shape index (κ2) is 6.15. The van der Waals surface area contributed by atoms with Gasteiger partial charge in [0.1, 0.15) is 0 Å². The Labute approximate surface area is 119 Å². The number of likely N-dealkylation sites (tertiary alicyclic amines) is 1. The summed E-state index contributed by atoms with van der Waals surface area (Å²) in [6, 6.07) is 10.7. The predicted octanol–water partition coefficient (Wildman–Crippen LogP) is 1.45. The molecule has 20 heavy (non-hydrogen) atoms. The van der Waals surface area contributed by atoms with Crippen molar-refractivity contribution in [1.82, 2.24) is 25.2 Å². The summed E-state index contributed by atoms with van der Waals surface area (Å²) in [6.45, 7) is 3.12. The highest BCUT2D eigenvalue weighted by Crippen LogP contribution is 2.13. The highest BCUT2D eigenvalue weighted by molar-refractivity contribution is 5.29. The normalized spacial score (nSPS) is 20.1. The summed E-state index contributed by atoms with van der Waals surface area (Å²) in [5.74, 6) is 0. The van der Waals surface area contributed by atoms with Crippen LogP contribution in [0.2, 0.25) is 0 Å². The van der Waals surface area contributed by atoms with E-state index in [1.807, 2.05) is 48.3 Å². The number of hydrogen-bond donors (Lipinski definition) is 1. The van der Waals surface area contributed by atoms with Crippen molar-refractivity contribution in [3.05, 3.63) is 42.2 Å². The zero-order valence-electron chi connectivity index (χ0n) is 11.9. The van der Waals surface area contributed by atoms with E-state index in [-0.39, 0.29) is 0 Å². The van der Waals surface area contributed by atoms with Gasteiger partial charge in [0.05, 0.1) is 17.6 Å². The van der Waals surface area contributed by atoms with E-state index in [0.29, 0.717) is 6.04 Å². The Morgan fingerprint density at radius 3 is 2.95 bits per heavy atom. The van der Waals surface area contributed by atoms with Crippen molar-refractivity contribution < 1.29 is 0 Å². The number of rotatable bonds is 4. The molecule has 0 radical (unpaired) electrons. The van der Waals surface area contributed by atoms with Crippen LogP contribution < -0.4 is 5.32 Å². The van der Waals surface area contributed by atoms with Crippen LogP contribution in [0.1, 0.15) is 18.5 Å². The Hall–Kier alpha value is -1.72. The van der Waals surface area contributed by atoms with Crippen molar-refractivity contribution in [1.29, 1.82) is 0 Å². The molecule has 5 heteroatoms. The first-order chi connectivity index (χ1) is 9.85. The third-order valence-corrected chi connectivity index (χ3v) is 3.86. The quantitative estimate of drug-likeness (QED) is 0.914.